The molecular weight excluding hydrogens is 462 g/mol. The van der Waals surface area contributed by atoms with Crippen LogP contribution < -0.4 is 4.74 Å². The van der Waals surface area contributed by atoms with Gasteiger partial charge in [0, 0.05) is 35.9 Å². The van der Waals surface area contributed by atoms with E-state index < -0.39 is 12.0 Å². The number of thiazole rings is 1. The summed E-state index contributed by atoms with van der Waals surface area (Å²) in [6.07, 6.45) is 1.93. The number of carbonyl (C=O) groups is 2. The number of nitrogens with zero attached hydrogens (tertiary/aromatic N) is 3. The van der Waals surface area contributed by atoms with Gasteiger partial charge in [-0.2, -0.15) is 0 Å². The first-order chi connectivity index (χ1) is 14.6. The fourth-order valence-electron chi connectivity index (χ4n) is 3.87. The van der Waals surface area contributed by atoms with Gasteiger partial charge in [-0.15, -0.1) is 23.1 Å². The molecule has 3 atom stereocenters. The van der Waals surface area contributed by atoms with Gasteiger partial charge in [0.2, 0.25) is 0 Å². The molecule has 0 aliphatic carbocycles. The minimum absolute atomic E-state index is 0.260. The number of benzene rings is 1. The zero-order chi connectivity index (χ0) is 20.7. The Bertz CT molecular complexity index is 1020. The van der Waals surface area contributed by atoms with Crippen molar-refractivity contribution in [2.24, 2.45) is 10.9 Å². The van der Waals surface area contributed by atoms with Gasteiger partial charge in [0.15, 0.2) is 6.04 Å². The Kier molecular flexibility index (Phi) is 5.87. The van der Waals surface area contributed by atoms with E-state index in [1.165, 1.54) is 29.5 Å². The van der Waals surface area contributed by atoms with Crippen molar-refractivity contribution in [3.8, 4) is 5.75 Å². The van der Waals surface area contributed by atoms with Crippen molar-refractivity contribution in [1.82, 2.24) is 9.88 Å². The van der Waals surface area contributed by atoms with Gasteiger partial charge in [0.25, 0.3) is 0 Å². The monoisotopic (exact) mass is 481 g/mol. The third kappa shape index (κ3) is 4.04. The van der Waals surface area contributed by atoms with Crippen LogP contribution >= 0.6 is 44.7 Å². The van der Waals surface area contributed by atoms with E-state index in [4.69, 9.17) is 9.84 Å². The number of piperidine rings is 1. The predicted octanol–water partition coefficient (Wildman–Crippen LogP) is 4.22. The second-order valence-electron chi connectivity index (χ2n) is 7.35. The first-order valence-corrected chi connectivity index (χ1v) is 13.9. The van der Waals surface area contributed by atoms with Crippen molar-refractivity contribution in [3.05, 3.63) is 23.2 Å². The van der Waals surface area contributed by atoms with Gasteiger partial charge in [-0.05, 0) is 30.9 Å². The Morgan fingerprint density at radius 1 is 1.20 bits per heavy atom. The molecule has 0 spiro atoms. The highest BCUT2D eigenvalue weighted by molar-refractivity contribution is 8.76. The maximum atomic E-state index is 12.9. The molecule has 2 saturated heterocycles. The van der Waals surface area contributed by atoms with Gasteiger partial charge < -0.3 is 14.7 Å². The number of carboxylic acids is 1. The van der Waals surface area contributed by atoms with E-state index in [2.05, 4.69) is 9.98 Å². The van der Waals surface area contributed by atoms with Crippen LogP contribution in [-0.4, -0.2) is 68.0 Å². The van der Waals surface area contributed by atoms with E-state index in [1.54, 1.807) is 6.07 Å². The first-order valence-electron chi connectivity index (χ1n) is 9.66. The number of carbonyl (C=O) groups excluding carboxylic acids is 1. The largest absolute Gasteiger partial charge is 0.480 e. The third-order valence-corrected chi connectivity index (χ3v) is 10.2. The highest BCUT2D eigenvalue weighted by Gasteiger charge is 2.37. The van der Waals surface area contributed by atoms with Crippen LogP contribution in [0.15, 0.2) is 23.2 Å². The van der Waals surface area contributed by atoms with Crippen LogP contribution in [0.3, 0.4) is 0 Å². The molecule has 11 heteroatoms. The van der Waals surface area contributed by atoms with Crippen LogP contribution in [0, 0.1) is 5.92 Å². The molecule has 0 radical (unpaired) electrons. The smallest absolute Gasteiger partial charge is 0.415 e. The Balaban J connectivity index is 1.32. The summed E-state index contributed by atoms with van der Waals surface area (Å²) in [5, 5.41) is 10.5. The van der Waals surface area contributed by atoms with Gasteiger partial charge in [0.05, 0.1) is 10.2 Å². The summed E-state index contributed by atoms with van der Waals surface area (Å²) < 4.78 is 6.62. The van der Waals surface area contributed by atoms with Crippen LogP contribution in [0.4, 0.5) is 4.79 Å². The van der Waals surface area contributed by atoms with Crippen LogP contribution in [0.2, 0.25) is 0 Å². The summed E-state index contributed by atoms with van der Waals surface area (Å²) in [5.74, 6) is 2.63. The van der Waals surface area contributed by atoms with Crippen molar-refractivity contribution in [2.45, 2.75) is 24.9 Å². The number of carboxylic acid groups (broad SMARTS) is 1. The number of hydrogen-bond donors (Lipinski definition) is 1. The average molecular weight is 482 g/mol. The minimum Gasteiger partial charge on any atom is -0.480 e. The molecule has 1 amide bonds. The van der Waals surface area contributed by atoms with Gasteiger partial charge in [-0.25, -0.2) is 14.6 Å². The number of rotatable bonds is 3. The zero-order valence-corrected chi connectivity index (χ0v) is 19.1. The highest BCUT2D eigenvalue weighted by atomic mass is 33.1. The van der Waals surface area contributed by atoms with Gasteiger partial charge in [-0.1, -0.05) is 21.6 Å². The van der Waals surface area contributed by atoms with Crippen molar-refractivity contribution in [3.63, 3.8) is 0 Å². The lowest BCUT2D eigenvalue weighted by Gasteiger charge is -2.42. The normalized spacial score (nSPS) is 26.3. The molecule has 0 saturated carbocycles. The van der Waals surface area contributed by atoms with Crippen LogP contribution in [0.5, 0.6) is 5.75 Å². The molecule has 2 aromatic rings. The number of likely N-dealkylation sites (tertiary alicyclic amines) is 1. The summed E-state index contributed by atoms with van der Waals surface area (Å²) in [5.41, 5.74) is 0.788. The third-order valence-electron chi connectivity index (χ3n) is 5.44. The number of amides is 1. The lowest BCUT2D eigenvalue weighted by molar-refractivity contribution is -0.137. The highest BCUT2D eigenvalue weighted by Crippen LogP contribution is 2.40. The van der Waals surface area contributed by atoms with Gasteiger partial charge in [0.1, 0.15) is 15.8 Å². The Morgan fingerprint density at radius 3 is 2.90 bits per heavy atom. The first kappa shape index (κ1) is 20.5. The molecule has 1 aromatic heterocycles. The predicted molar refractivity (Wildman–Crippen MR) is 124 cm³/mol. The maximum Gasteiger partial charge on any atom is 0.415 e. The van der Waals surface area contributed by atoms with Crippen LogP contribution in [-0.2, 0) is 4.79 Å². The van der Waals surface area contributed by atoms with Crippen LogP contribution in [0.1, 0.15) is 17.8 Å². The Morgan fingerprint density at radius 2 is 2.07 bits per heavy atom. The van der Waals surface area contributed by atoms with E-state index in [-0.39, 0.29) is 12.1 Å². The number of ether oxygens (including phenoxy) is 1. The number of aromatic nitrogens is 1. The molecule has 2 fully saturated rings. The summed E-state index contributed by atoms with van der Waals surface area (Å²) in [6.45, 7) is 0.750. The lowest BCUT2D eigenvalue weighted by atomic mass is 9.92. The van der Waals surface area contributed by atoms with Gasteiger partial charge in [-0.3, -0.25) is 4.99 Å². The second kappa shape index (κ2) is 8.60. The molecule has 158 valence electrons. The van der Waals surface area contributed by atoms with Crippen molar-refractivity contribution in [1.29, 1.82) is 0 Å². The molecule has 3 aliphatic rings. The summed E-state index contributed by atoms with van der Waals surface area (Å²) >= 11 is 2.85. The molecule has 5 rings (SSSR count). The topological polar surface area (TPSA) is 92.1 Å². The second-order valence-corrected chi connectivity index (χ2v) is 11.9. The number of fused-ring (bicyclic) bond motifs is 2. The molecular formula is C19H19N3O4S4. The number of hydrogen-bond acceptors (Lipinski definition) is 9. The minimum atomic E-state index is -0.914. The lowest BCUT2D eigenvalue weighted by Crippen LogP contribution is -2.52. The fraction of sp³-hybridized carbons (Fsp3) is 0.474. The van der Waals surface area contributed by atoms with E-state index in [9.17, 15) is 9.59 Å². The molecule has 4 heterocycles. The molecule has 1 N–H and O–H groups in total. The van der Waals surface area contributed by atoms with Gasteiger partial charge >= 0.3 is 12.1 Å². The van der Waals surface area contributed by atoms with Crippen molar-refractivity contribution >= 4 is 72.0 Å². The number of thioether (sulfide) groups is 1. The summed E-state index contributed by atoms with van der Waals surface area (Å²) in [4.78, 5) is 34.7. The SMILES string of the molecule is O=C(O)[C@H]1CSC(c2nc3ccc(OC(=O)N4CCC[C@@H]5CSSC[C@@H]54)cc3s2)=N1. The standard InChI is InChI=1S/C19H19N3O4S4/c23-18(24)13-8-27-16(21-13)17-20-12-4-3-11(6-15(12)30-17)26-19(25)22-5-1-2-10-7-28-29-9-14(10)22/h3-4,6,10,13-14H,1-2,5,7-9H2,(H,23,24)/t10-,13-,14+/m1/s1. The van der Waals surface area contributed by atoms with E-state index in [0.717, 1.165) is 34.7 Å². The summed E-state index contributed by atoms with van der Waals surface area (Å²) in [6, 6.07) is 4.98. The maximum absolute atomic E-state index is 12.9. The quantitative estimate of drug-likeness (QED) is 0.652. The molecule has 3 aliphatic heterocycles. The average Bonchev–Trinajstić information content (AvgIpc) is 3.40. The van der Waals surface area contributed by atoms with E-state index in [0.29, 0.717) is 27.5 Å². The number of aliphatic imine (C=N–C) groups is 1. The molecule has 0 unspecified atom stereocenters. The van der Waals surface area contributed by atoms with E-state index in [1.807, 2.05) is 38.6 Å². The van der Waals surface area contributed by atoms with Crippen molar-refractivity contribution < 1.29 is 19.4 Å². The number of aliphatic carboxylic acids is 1. The summed E-state index contributed by atoms with van der Waals surface area (Å²) in [7, 11) is 3.74. The molecule has 0 bridgehead atoms. The molecule has 30 heavy (non-hydrogen) atoms. The molecule has 1 aromatic carbocycles. The zero-order valence-electron chi connectivity index (χ0n) is 15.9. The van der Waals surface area contributed by atoms with Crippen LogP contribution in [0.25, 0.3) is 10.2 Å². The van der Waals surface area contributed by atoms with E-state index >= 15 is 0 Å². The molecule has 7 nitrogen and oxygen atoms in total. The van der Waals surface area contributed by atoms with Crippen molar-refractivity contribution in [2.75, 3.05) is 23.8 Å². The Hall–Kier alpha value is -1.43. The fourth-order valence-corrected chi connectivity index (χ4v) is 8.83. The Labute approximate surface area is 189 Å².